The predicted molar refractivity (Wildman–Crippen MR) is 85.6 cm³/mol. The normalized spacial score (nSPS) is 24.0. The van der Waals surface area contributed by atoms with Gasteiger partial charge in [-0.1, -0.05) is 12.8 Å². The van der Waals surface area contributed by atoms with Gasteiger partial charge >= 0.3 is 5.97 Å². The number of hydrogen-bond donors (Lipinski definition) is 2. The van der Waals surface area contributed by atoms with Crippen LogP contribution in [0.15, 0.2) is 22.6 Å². The number of carbonyl (C=O) groups excluding carboxylic acids is 1. The molecule has 1 aromatic carbocycles. The summed E-state index contributed by atoms with van der Waals surface area (Å²) in [6.45, 7) is 0. The fourth-order valence-corrected chi connectivity index (χ4v) is 3.67. The number of aromatic nitrogens is 1. The van der Waals surface area contributed by atoms with Crippen molar-refractivity contribution in [3.05, 3.63) is 24.1 Å². The van der Waals surface area contributed by atoms with E-state index in [-0.39, 0.29) is 12.3 Å². The minimum absolute atomic E-state index is 0.134. The number of nitrogens with two attached hydrogens (primary N) is 1. The van der Waals surface area contributed by atoms with Crippen LogP contribution in [0.3, 0.4) is 0 Å². The molecule has 1 fully saturated rings. The second-order valence-corrected chi connectivity index (χ2v) is 6.23. The van der Waals surface area contributed by atoms with Gasteiger partial charge in [-0.3, -0.25) is 9.59 Å². The molecule has 24 heavy (non-hydrogen) atoms. The zero-order valence-electron chi connectivity index (χ0n) is 13.4. The molecule has 2 aromatic rings. The Morgan fingerprint density at radius 1 is 1.46 bits per heavy atom. The van der Waals surface area contributed by atoms with E-state index in [1.54, 1.807) is 25.3 Å². The first-order valence-corrected chi connectivity index (χ1v) is 7.94. The van der Waals surface area contributed by atoms with Crippen LogP contribution in [0.1, 0.15) is 38.0 Å². The van der Waals surface area contributed by atoms with Crippen LogP contribution >= 0.6 is 0 Å². The topological polar surface area (TPSA) is 116 Å². The first kappa shape index (κ1) is 16.3. The summed E-state index contributed by atoms with van der Waals surface area (Å²) in [5.41, 5.74) is 5.62. The minimum atomic E-state index is -1.18. The number of ether oxygens (including phenoxy) is 1. The largest absolute Gasteiger partial charge is 0.497 e. The number of nitrogens with zero attached hydrogens (tertiary/aromatic N) is 1. The van der Waals surface area contributed by atoms with Gasteiger partial charge in [0.2, 0.25) is 11.8 Å². The van der Waals surface area contributed by atoms with Crippen molar-refractivity contribution in [2.24, 2.45) is 11.7 Å². The lowest BCUT2D eigenvalue weighted by Crippen LogP contribution is -2.50. The smallest absolute Gasteiger partial charge is 0.303 e. The summed E-state index contributed by atoms with van der Waals surface area (Å²) in [6, 6.07) is 5.17. The van der Waals surface area contributed by atoms with Crippen LogP contribution in [0, 0.1) is 5.92 Å². The van der Waals surface area contributed by atoms with Crippen molar-refractivity contribution in [2.45, 2.75) is 37.5 Å². The van der Waals surface area contributed by atoms with Crippen LogP contribution in [0.5, 0.6) is 5.75 Å². The van der Waals surface area contributed by atoms with E-state index in [1.807, 2.05) is 0 Å². The van der Waals surface area contributed by atoms with E-state index < -0.39 is 23.2 Å². The van der Waals surface area contributed by atoms with Crippen molar-refractivity contribution < 1.29 is 23.8 Å². The van der Waals surface area contributed by atoms with Gasteiger partial charge in [-0.15, -0.1) is 0 Å². The molecule has 1 heterocycles. The van der Waals surface area contributed by atoms with Crippen LogP contribution in [0.4, 0.5) is 0 Å². The molecule has 7 nitrogen and oxygen atoms in total. The Morgan fingerprint density at radius 2 is 2.25 bits per heavy atom. The lowest BCUT2D eigenvalue weighted by atomic mass is 9.64. The molecule has 1 aromatic heterocycles. The van der Waals surface area contributed by atoms with Gasteiger partial charge in [-0.25, -0.2) is 4.98 Å². The number of hydrogen-bond acceptors (Lipinski definition) is 5. The second kappa shape index (κ2) is 6.14. The summed E-state index contributed by atoms with van der Waals surface area (Å²) in [5.74, 6) is -1.11. The van der Waals surface area contributed by atoms with Crippen molar-refractivity contribution in [1.29, 1.82) is 0 Å². The first-order chi connectivity index (χ1) is 11.5. The van der Waals surface area contributed by atoms with Gasteiger partial charge in [0, 0.05) is 12.5 Å². The molecular formula is C17H20N2O5. The third-order valence-corrected chi connectivity index (χ3v) is 4.91. The number of carboxylic acid groups (broad SMARTS) is 1. The summed E-state index contributed by atoms with van der Waals surface area (Å²) in [7, 11) is 1.55. The number of oxazole rings is 1. The van der Waals surface area contributed by atoms with E-state index in [9.17, 15) is 14.7 Å². The fourth-order valence-electron chi connectivity index (χ4n) is 3.67. The molecule has 1 saturated carbocycles. The number of benzene rings is 1. The van der Waals surface area contributed by atoms with E-state index in [0.29, 0.717) is 29.7 Å². The van der Waals surface area contributed by atoms with Gasteiger partial charge in [0.15, 0.2) is 5.58 Å². The Bertz CT molecular complexity index is 784. The molecule has 3 rings (SSSR count). The lowest BCUT2D eigenvalue weighted by molar-refractivity contribution is -0.140. The molecule has 3 N–H and O–H groups in total. The van der Waals surface area contributed by atoms with E-state index in [4.69, 9.17) is 14.9 Å². The highest BCUT2D eigenvalue weighted by atomic mass is 16.5. The highest BCUT2D eigenvalue weighted by Gasteiger charge is 2.51. The maximum Gasteiger partial charge on any atom is 0.303 e. The molecule has 0 saturated heterocycles. The molecule has 0 bridgehead atoms. The number of aliphatic carboxylic acids is 1. The Hall–Kier alpha value is -2.57. The zero-order chi connectivity index (χ0) is 17.3. The van der Waals surface area contributed by atoms with Crippen molar-refractivity contribution >= 4 is 23.0 Å². The Labute approximate surface area is 138 Å². The van der Waals surface area contributed by atoms with Crippen LogP contribution in [0.25, 0.3) is 11.1 Å². The molecule has 0 spiro atoms. The third kappa shape index (κ3) is 2.60. The average Bonchev–Trinajstić information content (AvgIpc) is 2.97. The molecule has 1 aliphatic carbocycles. The van der Waals surface area contributed by atoms with Gasteiger partial charge in [-0.2, -0.15) is 0 Å². The highest BCUT2D eigenvalue weighted by molar-refractivity contribution is 5.88. The molecule has 2 atom stereocenters. The van der Waals surface area contributed by atoms with Crippen LogP contribution in [-0.4, -0.2) is 29.1 Å². The van der Waals surface area contributed by atoms with Crippen molar-refractivity contribution in [3.63, 3.8) is 0 Å². The highest BCUT2D eigenvalue weighted by Crippen LogP contribution is 2.46. The number of carbonyl (C=O) groups is 2. The van der Waals surface area contributed by atoms with E-state index in [0.717, 1.165) is 12.8 Å². The number of fused-ring (bicyclic) bond motifs is 1. The van der Waals surface area contributed by atoms with Gasteiger partial charge < -0.3 is 20.0 Å². The SMILES string of the molecule is COc1ccc2oc(C3(C(N)=O)CCCCC3CC(=O)O)nc2c1. The summed E-state index contributed by atoms with van der Waals surface area (Å²) < 4.78 is 11.0. The summed E-state index contributed by atoms with van der Waals surface area (Å²) in [4.78, 5) is 28.1. The maximum atomic E-state index is 12.4. The maximum absolute atomic E-state index is 12.4. The number of carboxylic acids is 1. The molecule has 1 amide bonds. The molecule has 0 aliphatic heterocycles. The number of rotatable bonds is 5. The molecule has 0 radical (unpaired) electrons. The van der Waals surface area contributed by atoms with Crippen molar-refractivity contribution in [3.8, 4) is 5.75 Å². The van der Waals surface area contributed by atoms with Crippen molar-refractivity contribution in [1.82, 2.24) is 4.98 Å². The molecule has 2 unspecified atom stereocenters. The summed E-state index contributed by atoms with van der Waals surface area (Å²) in [6.07, 6.45) is 2.56. The Morgan fingerprint density at radius 3 is 2.92 bits per heavy atom. The number of methoxy groups -OCH3 is 1. The van der Waals surface area contributed by atoms with Gasteiger partial charge in [0.1, 0.15) is 16.7 Å². The predicted octanol–water partition coefficient (Wildman–Crippen LogP) is 2.22. The van der Waals surface area contributed by atoms with Gasteiger partial charge in [-0.05, 0) is 30.9 Å². The van der Waals surface area contributed by atoms with E-state index >= 15 is 0 Å². The van der Waals surface area contributed by atoms with E-state index in [2.05, 4.69) is 4.98 Å². The zero-order valence-corrected chi connectivity index (χ0v) is 13.4. The van der Waals surface area contributed by atoms with Gasteiger partial charge in [0.05, 0.1) is 7.11 Å². The first-order valence-electron chi connectivity index (χ1n) is 7.94. The third-order valence-electron chi connectivity index (χ3n) is 4.91. The standard InChI is InChI=1S/C17H20N2O5/c1-23-11-5-6-13-12(9-11)19-16(24-13)17(15(18)22)7-3-2-4-10(17)8-14(20)21/h5-6,9-10H,2-4,7-8H2,1H3,(H2,18,22)(H,20,21). The van der Waals surface area contributed by atoms with Gasteiger partial charge in [0.25, 0.3) is 0 Å². The number of amides is 1. The lowest BCUT2D eigenvalue weighted by Gasteiger charge is -2.38. The Balaban J connectivity index is 2.12. The molecule has 1 aliphatic rings. The molecule has 128 valence electrons. The summed E-state index contributed by atoms with van der Waals surface area (Å²) in [5, 5.41) is 9.22. The van der Waals surface area contributed by atoms with Crippen LogP contribution in [-0.2, 0) is 15.0 Å². The van der Waals surface area contributed by atoms with Crippen molar-refractivity contribution in [2.75, 3.05) is 7.11 Å². The molecule has 7 heteroatoms. The monoisotopic (exact) mass is 332 g/mol. The average molecular weight is 332 g/mol. The van der Waals surface area contributed by atoms with Crippen LogP contribution < -0.4 is 10.5 Å². The second-order valence-electron chi connectivity index (χ2n) is 6.23. The fraction of sp³-hybridized carbons (Fsp3) is 0.471. The number of primary amides is 1. The van der Waals surface area contributed by atoms with Crippen LogP contribution in [0.2, 0.25) is 0 Å². The quantitative estimate of drug-likeness (QED) is 0.867. The Kier molecular flexibility index (Phi) is 4.17. The minimum Gasteiger partial charge on any atom is -0.497 e. The van der Waals surface area contributed by atoms with E-state index in [1.165, 1.54) is 0 Å². The summed E-state index contributed by atoms with van der Waals surface area (Å²) >= 11 is 0. The molecular weight excluding hydrogens is 312 g/mol.